The van der Waals surface area contributed by atoms with Gasteiger partial charge in [-0.25, -0.2) is 0 Å². The van der Waals surface area contributed by atoms with Gasteiger partial charge in [0.25, 0.3) is 0 Å². The SMILES string of the molecule is CCN(CC)C(=O)[C@@H]1C[C@H](NC(=O)Cn2ccc3ccccc32)CN1C. The molecule has 0 aliphatic carbocycles. The van der Waals surface area contributed by atoms with Gasteiger partial charge in [0.05, 0.1) is 6.04 Å². The topological polar surface area (TPSA) is 57.6 Å². The molecule has 26 heavy (non-hydrogen) atoms. The molecule has 1 saturated heterocycles. The predicted octanol–water partition coefficient (Wildman–Crippen LogP) is 1.70. The molecule has 2 aromatic rings. The summed E-state index contributed by atoms with van der Waals surface area (Å²) in [4.78, 5) is 29.0. The Morgan fingerprint density at radius 2 is 1.92 bits per heavy atom. The summed E-state index contributed by atoms with van der Waals surface area (Å²) >= 11 is 0. The summed E-state index contributed by atoms with van der Waals surface area (Å²) in [5, 5.41) is 4.23. The number of amides is 2. The second-order valence-electron chi connectivity index (χ2n) is 6.97. The lowest BCUT2D eigenvalue weighted by Crippen LogP contribution is -2.44. The summed E-state index contributed by atoms with van der Waals surface area (Å²) in [7, 11) is 1.96. The number of likely N-dealkylation sites (N-methyl/N-ethyl adjacent to an activating group) is 2. The van der Waals surface area contributed by atoms with Crippen LogP contribution in [-0.2, 0) is 16.1 Å². The number of nitrogens with zero attached hydrogens (tertiary/aromatic N) is 3. The number of para-hydroxylation sites is 1. The van der Waals surface area contributed by atoms with E-state index in [1.54, 1.807) is 0 Å². The molecule has 1 aromatic carbocycles. The van der Waals surface area contributed by atoms with Crippen LogP contribution in [0.1, 0.15) is 20.3 Å². The van der Waals surface area contributed by atoms with Gasteiger partial charge in [-0.2, -0.15) is 0 Å². The van der Waals surface area contributed by atoms with Crippen molar-refractivity contribution in [1.82, 2.24) is 19.7 Å². The number of benzene rings is 1. The van der Waals surface area contributed by atoms with Crippen LogP contribution in [-0.4, -0.2) is 64.9 Å². The molecule has 6 heteroatoms. The Hall–Kier alpha value is -2.34. The minimum absolute atomic E-state index is 0.0128. The molecule has 0 saturated carbocycles. The number of hydrogen-bond donors (Lipinski definition) is 1. The third-order valence-corrected chi connectivity index (χ3v) is 5.27. The summed E-state index contributed by atoms with van der Waals surface area (Å²) in [6.45, 7) is 6.43. The highest BCUT2D eigenvalue weighted by atomic mass is 16.2. The molecule has 1 N–H and O–H groups in total. The molecule has 6 nitrogen and oxygen atoms in total. The lowest BCUT2D eigenvalue weighted by molar-refractivity contribution is -0.135. The molecule has 2 atom stereocenters. The standard InChI is InChI=1S/C20H28N4O2/c1-4-23(5-2)20(26)18-12-16(13-22(18)3)21-19(25)14-24-11-10-15-8-6-7-9-17(15)24/h6-11,16,18H,4-5,12-14H2,1-3H3,(H,21,25)/t16-,18-/m0/s1. The van der Waals surface area contributed by atoms with Crippen molar-refractivity contribution in [1.29, 1.82) is 0 Å². The molecule has 0 spiro atoms. The summed E-state index contributed by atoms with van der Waals surface area (Å²) in [5.41, 5.74) is 1.06. The van der Waals surface area contributed by atoms with Crippen LogP contribution in [0.2, 0.25) is 0 Å². The van der Waals surface area contributed by atoms with E-state index in [1.165, 1.54) is 0 Å². The zero-order valence-electron chi connectivity index (χ0n) is 15.8. The van der Waals surface area contributed by atoms with Crippen molar-refractivity contribution in [3.8, 4) is 0 Å². The van der Waals surface area contributed by atoms with Crippen LogP contribution in [0.5, 0.6) is 0 Å². The Bertz CT molecular complexity index is 781. The Labute approximate surface area is 154 Å². The quantitative estimate of drug-likeness (QED) is 0.857. The van der Waals surface area contributed by atoms with Gasteiger partial charge in [0.2, 0.25) is 11.8 Å². The minimum Gasteiger partial charge on any atom is -0.350 e. The smallest absolute Gasteiger partial charge is 0.240 e. The van der Waals surface area contributed by atoms with Crippen molar-refractivity contribution in [2.75, 3.05) is 26.7 Å². The average molecular weight is 356 g/mol. The maximum Gasteiger partial charge on any atom is 0.240 e. The molecule has 2 heterocycles. The van der Waals surface area contributed by atoms with E-state index in [-0.39, 0.29) is 23.9 Å². The molecule has 2 amide bonds. The van der Waals surface area contributed by atoms with Gasteiger partial charge in [-0.1, -0.05) is 18.2 Å². The Morgan fingerprint density at radius 1 is 1.19 bits per heavy atom. The third kappa shape index (κ3) is 3.75. The molecule has 0 bridgehead atoms. The summed E-state index contributed by atoms with van der Waals surface area (Å²) in [5.74, 6) is 0.145. The van der Waals surface area contributed by atoms with Gasteiger partial charge in [0, 0.05) is 37.4 Å². The molecule has 1 aliphatic rings. The fraction of sp³-hybridized carbons (Fsp3) is 0.500. The minimum atomic E-state index is -0.146. The van der Waals surface area contributed by atoms with Crippen LogP contribution in [0, 0.1) is 0 Å². The first-order valence-corrected chi connectivity index (χ1v) is 9.35. The van der Waals surface area contributed by atoms with Gasteiger partial charge in [-0.3, -0.25) is 14.5 Å². The van der Waals surface area contributed by atoms with Gasteiger partial charge < -0.3 is 14.8 Å². The number of aromatic nitrogens is 1. The highest BCUT2D eigenvalue weighted by molar-refractivity contribution is 5.84. The van der Waals surface area contributed by atoms with Crippen LogP contribution >= 0.6 is 0 Å². The van der Waals surface area contributed by atoms with E-state index in [4.69, 9.17) is 0 Å². The fourth-order valence-corrected chi connectivity index (χ4v) is 3.85. The zero-order chi connectivity index (χ0) is 18.7. The summed E-state index contributed by atoms with van der Waals surface area (Å²) in [6, 6.07) is 9.92. The molecular weight excluding hydrogens is 328 g/mol. The predicted molar refractivity (Wildman–Crippen MR) is 103 cm³/mol. The van der Waals surface area contributed by atoms with Crippen LogP contribution in [0.4, 0.5) is 0 Å². The lowest BCUT2D eigenvalue weighted by Gasteiger charge is -2.26. The number of likely N-dealkylation sites (tertiary alicyclic amines) is 1. The maximum atomic E-state index is 12.6. The van der Waals surface area contributed by atoms with Gasteiger partial charge in [0.15, 0.2) is 0 Å². The first kappa shape index (κ1) is 18.5. The second kappa shape index (κ2) is 7.91. The maximum absolute atomic E-state index is 12.6. The highest BCUT2D eigenvalue weighted by Crippen LogP contribution is 2.19. The van der Waals surface area contributed by atoms with E-state index >= 15 is 0 Å². The van der Waals surface area contributed by atoms with E-state index < -0.39 is 0 Å². The number of hydrogen-bond acceptors (Lipinski definition) is 3. The zero-order valence-corrected chi connectivity index (χ0v) is 15.8. The van der Waals surface area contributed by atoms with Crippen LogP contribution in [0.25, 0.3) is 10.9 Å². The molecule has 1 aromatic heterocycles. The van der Waals surface area contributed by atoms with Crippen molar-refractivity contribution < 1.29 is 9.59 Å². The summed E-state index contributed by atoms with van der Waals surface area (Å²) < 4.78 is 1.96. The number of nitrogens with one attached hydrogen (secondary N) is 1. The van der Waals surface area contributed by atoms with E-state index in [0.29, 0.717) is 19.5 Å². The van der Waals surface area contributed by atoms with Gasteiger partial charge in [-0.15, -0.1) is 0 Å². The highest BCUT2D eigenvalue weighted by Gasteiger charge is 2.36. The van der Waals surface area contributed by atoms with E-state index in [9.17, 15) is 9.59 Å². The van der Waals surface area contributed by atoms with E-state index in [0.717, 1.165) is 24.0 Å². The van der Waals surface area contributed by atoms with Crippen molar-refractivity contribution in [3.63, 3.8) is 0 Å². The van der Waals surface area contributed by atoms with Crippen molar-refractivity contribution in [2.45, 2.75) is 38.9 Å². The first-order chi connectivity index (χ1) is 12.5. The van der Waals surface area contributed by atoms with Gasteiger partial charge >= 0.3 is 0 Å². The first-order valence-electron chi connectivity index (χ1n) is 9.35. The lowest BCUT2D eigenvalue weighted by atomic mass is 10.1. The number of carbonyl (C=O) groups excluding carboxylic acids is 2. The summed E-state index contributed by atoms with van der Waals surface area (Å²) in [6.07, 6.45) is 2.61. The normalized spacial score (nSPS) is 20.4. The molecule has 0 radical (unpaired) electrons. The van der Waals surface area contributed by atoms with Crippen LogP contribution < -0.4 is 5.32 Å². The Balaban J connectivity index is 1.59. The molecule has 1 aliphatic heterocycles. The Morgan fingerprint density at radius 3 is 2.65 bits per heavy atom. The molecule has 140 valence electrons. The average Bonchev–Trinajstić information content (AvgIpc) is 3.19. The van der Waals surface area contributed by atoms with Crippen molar-refractivity contribution in [3.05, 3.63) is 36.5 Å². The van der Waals surface area contributed by atoms with Gasteiger partial charge in [0.1, 0.15) is 6.54 Å². The number of fused-ring (bicyclic) bond motifs is 1. The molecular formula is C20H28N4O2. The monoisotopic (exact) mass is 356 g/mol. The molecule has 1 fully saturated rings. The van der Waals surface area contributed by atoms with Gasteiger partial charge in [-0.05, 0) is 44.8 Å². The third-order valence-electron chi connectivity index (χ3n) is 5.27. The largest absolute Gasteiger partial charge is 0.350 e. The van der Waals surface area contributed by atoms with Crippen LogP contribution in [0.15, 0.2) is 36.5 Å². The van der Waals surface area contributed by atoms with Crippen molar-refractivity contribution in [2.24, 2.45) is 0 Å². The van der Waals surface area contributed by atoms with Crippen LogP contribution in [0.3, 0.4) is 0 Å². The fourth-order valence-electron chi connectivity index (χ4n) is 3.85. The van der Waals surface area contributed by atoms with E-state index in [2.05, 4.69) is 10.2 Å². The second-order valence-corrected chi connectivity index (χ2v) is 6.97. The molecule has 3 rings (SSSR count). The number of rotatable bonds is 6. The van der Waals surface area contributed by atoms with Crippen molar-refractivity contribution >= 4 is 22.7 Å². The number of carbonyl (C=O) groups is 2. The Kier molecular flexibility index (Phi) is 5.61. The molecule has 0 unspecified atom stereocenters. The van der Waals surface area contributed by atoms with E-state index in [1.807, 2.05) is 66.9 Å².